The van der Waals surface area contributed by atoms with Crippen LogP contribution in [0, 0.1) is 11.3 Å². The van der Waals surface area contributed by atoms with E-state index in [1.807, 2.05) is 6.07 Å². The fourth-order valence-electron chi connectivity index (χ4n) is 2.22. The van der Waals surface area contributed by atoms with Crippen molar-refractivity contribution >= 4 is 28.3 Å². The maximum atomic E-state index is 12.1. The molecule has 0 aliphatic rings. The Labute approximate surface area is 154 Å². The normalized spacial score (nSPS) is 10.0. The van der Waals surface area contributed by atoms with Crippen molar-refractivity contribution in [3.8, 4) is 11.8 Å². The van der Waals surface area contributed by atoms with Gasteiger partial charge in [0, 0.05) is 5.56 Å². The summed E-state index contributed by atoms with van der Waals surface area (Å²) in [5.41, 5.74) is 6.95. The molecule has 0 aliphatic heterocycles. The van der Waals surface area contributed by atoms with E-state index in [1.165, 1.54) is 0 Å². The van der Waals surface area contributed by atoms with E-state index in [4.69, 9.17) is 19.9 Å². The average Bonchev–Trinajstić information content (AvgIpc) is 2.96. The minimum absolute atomic E-state index is 0.0558. The Morgan fingerprint density at radius 2 is 1.92 bits per heavy atom. The summed E-state index contributed by atoms with van der Waals surface area (Å²) in [6, 6.07) is 8.94. The summed E-state index contributed by atoms with van der Waals surface area (Å²) in [6.45, 7) is 1.64. The molecular formula is C18H18N2O5S. The molecule has 0 saturated heterocycles. The second-order valence-corrected chi connectivity index (χ2v) is 6.22. The van der Waals surface area contributed by atoms with Crippen molar-refractivity contribution in [1.29, 1.82) is 5.26 Å². The lowest BCUT2D eigenvalue weighted by molar-refractivity contribution is -0.144. The van der Waals surface area contributed by atoms with Crippen LogP contribution in [0.2, 0.25) is 0 Å². The first kappa shape index (κ1) is 19.3. The molecule has 1 aromatic carbocycles. The number of methoxy groups -OCH3 is 1. The van der Waals surface area contributed by atoms with Crippen LogP contribution >= 0.6 is 11.3 Å². The predicted octanol–water partition coefficient (Wildman–Crippen LogP) is 2.67. The van der Waals surface area contributed by atoms with Crippen LogP contribution in [0.3, 0.4) is 0 Å². The molecule has 0 fully saturated rings. The van der Waals surface area contributed by atoms with Crippen molar-refractivity contribution in [3.63, 3.8) is 0 Å². The number of thiophene rings is 1. The van der Waals surface area contributed by atoms with Gasteiger partial charge in [-0.05, 0) is 24.6 Å². The first-order valence-electron chi connectivity index (χ1n) is 7.77. The van der Waals surface area contributed by atoms with E-state index in [0.717, 1.165) is 16.9 Å². The molecule has 7 nitrogen and oxygen atoms in total. The fourth-order valence-corrected chi connectivity index (χ4v) is 3.14. The summed E-state index contributed by atoms with van der Waals surface area (Å²) in [5, 5.41) is 9.44. The van der Waals surface area contributed by atoms with Crippen molar-refractivity contribution in [2.24, 2.45) is 0 Å². The number of carbonyl (C=O) groups is 2. The molecule has 0 aliphatic carbocycles. The van der Waals surface area contributed by atoms with E-state index >= 15 is 0 Å². The van der Waals surface area contributed by atoms with E-state index < -0.39 is 11.9 Å². The second-order valence-electron chi connectivity index (χ2n) is 5.17. The van der Waals surface area contributed by atoms with Crippen molar-refractivity contribution in [3.05, 3.63) is 45.8 Å². The van der Waals surface area contributed by atoms with E-state index in [2.05, 4.69) is 0 Å². The van der Waals surface area contributed by atoms with Gasteiger partial charge in [0.25, 0.3) is 0 Å². The molecule has 2 aromatic rings. The molecule has 2 N–H and O–H groups in total. The molecule has 2 rings (SSSR count). The lowest BCUT2D eigenvalue weighted by atomic mass is 10.1. The number of rotatable bonds is 7. The molecular weight excluding hydrogens is 356 g/mol. The lowest BCUT2D eigenvalue weighted by Crippen LogP contribution is -2.11. The van der Waals surface area contributed by atoms with Gasteiger partial charge in [0.05, 0.1) is 25.7 Å². The third-order valence-corrected chi connectivity index (χ3v) is 4.53. The van der Waals surface area contributed by atoms with E-state index in [9.17, 15) is 14.9 Å². The topological polar surface area (TPSA) is 112 Å². The standard InChI is InChI=1S/C18H18N2O5S/c1-3-24-18(22)16-14(13(9-19)17(20)26-16)10-25-15(21)8-11-4-6-12(23-2)7-5-11/h4-7H,3,8,10,20H2,1-2H3. The third-order valence-electron chi connectivity index (χ3n) is 3.49. The second kappa shape index (κ2) is 8.87. The SMILES string of the molecule is CCOC(=O)c1sc(N)c(C#N)c1COC(=O)Cc1ccc(OC)cc1. The number of hydrogen-bond acceptors (Lipinski definition) is 8. The number of carbonyl (C=O) groups excluding carboxylic acids is 2. The van der Waals surface area contributed by atoms with Gasteiger partial charge in [0.15, 0.2) is 0 Å². The summed E-state index contributed by atoms with van der Waals surface area (Å²) in [5.74, 6) is -0.390. The Morgan fingerprint density at radius 3 is 2.50 bits per heavy atom. The smallest absolute Gasteiger partial charge is 0.348 e. The van der Waals surface area contributed by atoms with Crippen molar-refractivity contribution in [2.75, 3.05) is 19.5 Å². The Kier molecular flexibility index (Phi) is 6.58. The van der Waals surface area contributed by atoms with Crippen LogP contribution in [0.15, 0.2) is 24.3 Å². The molecule has 8 heteroatoms. The summed E-state index contributed by atoms with van der Waals surface area (Å²) in [6.07, 6.45) is 0.0558. The number of nitrogens with zero attached hydrogens (tertiary/aromatic N) is 1. The summed E-state index contributed by atoms with van der Waals surface area (Å²) in [4.78, 5) is 24.3. The molecule has 0 radical (unpaired) electrons. The van der Waals surface area contributed by atoms with Crippen LogP contribution in [0.4, 0.5) is 5.00 Å². The van der Waals surface area contributed by atoms with Crippen LogP contribution < -0.4 is 10.5 Å². The Balaban J connectivity index is 2.08. The van der Waals surface area contributed by atoms with Crippen molar-refractivity contribution in [1.82, 2.24) is 0 Å². The summed E-state index contributed by atoms with van der Waals surface area (Å²) >= 11 is 0.949. The van der Waals surface area contributed by atoms with Gasteiger partial charge in [-0.3, -0.25) is 4.79 Å². The highest BCUT2D eigenvalue weighted by molar-refractivity contribution is 7.18. The highest BCUT2D eigenvalue weighted by Crippen LogP contribution is 2.31. The van der Waals surface area contributed by atoms with E-state index in [1.54, 1.807) is 38.3 Å². The van der Waals surface area contributed by atoms with Crippen molar-refractivity contribution < 1.29 is 23.8 Å². The number of ether oxygens (including phenoxy) is 3. The Morgan fingerprint density at radius 1 is 1.23 bits per heavy atom. The number of anilines is 1. The first-order valence-corrected chi connectivity index (χ1v) is 8.58. The molecule has 26 heavy (non-hydrogen) atoms. The molecule has 1 heterocycles. The van der Waals surface area contributed by atoms with Gasteiger partial charge < -0.3 is 19.9 Å². The zero-order chi connectivity index (χ0) is 19.1. The minimum atomic E-state index is -0.591. The Hall–Kier alpha value is -3.05. The van der Waals surface area contributed by atoms with Gasteiger partial charge in [0.1, 0.15) is 28.3 Å². The summed E-state index contributed by atoms with van der Waals surface area (Å²) < 4.78 is 15.3. The quantitative estimate of drug-likeness (QED) is 0.742. The van der Waals surface area contributed by atoms with Gasteiger partial charge >= 0.3 is 11.9 Å². The van der Waals surface area contributed by atoms with Gasteiger partial charge in [-0.25, -0.2) is 4.79 Å². The molecule has 0 amide bonds. The molecule has 0 unspecified atom stereocenters. The monoisotopic (exact) mass is 374 g/mol. The maximum absolute atomic E-state index is 12.1. The molecule has 0 spiro atoms. The average molecular weight is 374 g/mol. The number of esters is 2. The van der Waals surface area contributed by atoms with Crippen molar-refractivity contribution in [2.45, 2.75) is 20.0 Å². The number of nitriles is 1. The van der Waals surface area contributed by atoms with Gasteiger partial charge in [-0.15, -0.1) is 11.3 Å². The van der Waals surface area contributed by atoms with Gasteiger partial charge in [-0.1, -0.05) is 12.1 Å². The minimum Gasteiger partial charge on any atom is -0.497 e. The van der Waals surface area contributed by atoms with Crippen LogP contribution in [-0.2, 0) is 27.3 Å². The van der Waals surface area contributed by atoms with Gasteiger partial charge in [-0.2, -0.15) is 5.26 Å². The lowest BCUT2D eigenvalue weighted by Gasteiger charge is -2.07. The molecule has 136 valence electrons. The third kappa shape index (κ3) is 4.52. The highest BCUT2D eigenvalue weighted by atomic mass is 32.1. The van der Waals surface area contributed by atoms with Gasteiger partial charge in [0.2, 0.25) is 0 Å². The van der Waals surface area contributed by atoms with Crippen LogP contribution in [0.5, 0.6) is 5.75 Å². The number of benzene rings is 1. The molecule has 0 atom stereocenters. The van der Waals surface area contributed by atoms with Crippen LogP contribution in [-0.4, -0.2) is 25.7 Å². The maximum Gasteiger partial charge on any atom is 0.348 e. The molecule has 0 saturated carbocycles. The number of nitrogens with two attached hydrogens (primary N) is 1. The van der Waals surface area contributed by atoms with Crippen LogP contribution in [0.25, 0.3) is 0 Å². The predicted molar refractivity (Wildman–Crippen MR) is 95.9 cm³/mol. The van der Waals surface area contributed by atoms with Crippen LogP contribution in [0.1, 0.15) is 33.3 Å². The zero-order valence-corrected chi connectivity index (χ0v) is 15.2. The number of nitrogen functional groups attached to an aromatic ring is 1. The fraction of sp³-hybridized carbons (Fsp3) is 0.278. The largest absolute Gasteiger partial charge is 0.497 e. The first-order chi connectivity index (χ1) is 12.5. The summed E-state index contributed by atoms with van der Waals surface area (Å²) in [7, 11) is 1.56. The molecule has 1 aromatic heterocycles. The zero-order valence-electron chi connectivity index (χ0n) is 14.4. The van der Waals surface area contributed by atoms with E-state index in [0.29, 0.717) is 5.75 Å². The highest BCUT2D eigenvalue weighted by Gasteiger charge is 2.23. The molecule has 0 bridgehead atoms. The Bertz CT molecular complexity index is 837. The van der Waals surface area contributed by atoms with E-state index in [-0.39, 0.29) is 40.6 Å². The number of hydrogen-bond donors (Lipinski definition) is 1.